The van der Waals surface area contributed by atoms with Gasteiger partial charge in [0.25, 0.3) is 0 Å². The molecule has 19 heavy (non-hydrogen) atoms. The van der Waals surface area contributed by atoms with Crippen molar-refractivity contribution in [1.29, 1.82) is 0 Å². The van der Waals surface area contributed by atoms with Crippen molar-refractivity contribution in [3.63, 3.8) is 0 Å². The molecule has 0 fully saturated rings. The average molecular weight is 242 g/mol. The molecule has 3 aromatic rings. The zero-order valence-corrected chi connectivity index (χ0v) is 10.6. The van der Waals surface area contributed by atoms with E-state index in [-0.39, 0.29) is 0 Å². The first-order valence-electron chi connectivity index (χ1n) is 6.68. The molecule has 0 saturated carbocycles. The van der Waals surface area contributed by atoms with Crippen LogP contribution in [-0.2, 0) is 6.42 Å². The van der Waals surface area contributed by atoms with Crippen molar-refractivity contribution < 1.29 is 0 Å². The Kier molecular flexibility index (Phi) is 2.28. The highest BCUT2D eigenvalue weighted by atomic mass is 14.2. The molecule has 1 aliphatic carbocycles. The van der Waals surface area contributed by atoms with E-state index < -0.39 is 0 Å². The van der Waals surface area contributed by atoms with Crippen molar-refractivity contribution in [2.75, 3.05) is 0 Å². The maximum Gasteiger partial charge on any atom is -0.00135 e. The lowest BCUT2D eigenvalue weighted by Crippen LogP contribution is -1.87. The van der Waals surface area contributed by atoms with Gasteiger partial charge < -0.3 is 0 Å². The molecule has 0 aromatic heterocycles. The van der Waals surface area contributed by atoms with E-state index >= 15 is 0 Å². The van der Waals surface area contributed by atoms with Crippen LogP contribution in [0.5, 0.6) is 0 Å². The molecule has 0 heterocycles. The molecule has 0 aliphatic heterocycles. The van der Waals surface area contributed by atoms with Crippen LogP contribution in [0.3, 0.4) is 0 Å². The first-order valence-corrected chi connectivity index (χ1v) is 6.68. The van der Waals surface area contributed by atoms with Gasteiger partial charge in [0.2, 0.25) is 0 Å². The standard InChI is InChI=1S/C19H14/c1-2-8-16-13-17(12-15(16)7-1)19-11-5-9-14-6-3-4-10-18(14)19/h1-12H,13H2. The summed E-state index contributed by atoms with van der Waals surface area (Å²) in [5, 5.41) is 2.67. The minimum absolute atomic E-state index is 1.05. The van der Waals surface area contributed by atoms with Gasteiger partial charge in [-0.15, -0.1) is 0 Å². The van der Waals surface area contributed by atoms with Crippen LogP contribution in [0.1, 0.15) is 16.7 Å². The van der Waals surface area contributed by atoms with Crippen LogP contribution in [0, 0.1) is 0 Å². The van der Waals surface area contributed by atoms with Crippen molar-refractivity contribution in [3.8, 4) is 0 Å². The van der Waals surface area contributed by atoms with Crippen molar-refractivity contribution in [2.45, 2.75) is 6.42 Å². The number of hydrogen-bond acceptors (Lipinski definition) is 0. The first-order chi connectivity index (χ1) is 9.42. The lowest BCUT2D eigenvalue weighted by Gasteiger charge is -2.07. The van der Waals surface area contributed by atoms with Gasteiger partial charge in [0.05, 0.1) is 0 Å². The largest absolute Gasteiger partial charge is 0.0619 e. The Hall–Kier alpha value is -2.34. The summed E-state index contributed by atoms with van der Waals surface area (Å²) >= 11 is 0. The molecule has 3 aromatic carbocycles. The van der Waals surface area contributed by atoms with Gasteiger partial charge >= 0.3 is 0 Å². The molecular formula is C19H14. The lowest BCUT2D eigenvalue weighted by molar-refractivity contribution is 1.32. The second-order valence-electron chi connectivity index (χ2n) is 5.07. The van der Waals surface area contributed by atoms with Crippen molar-refractivity contribution in [1.82, 2.24) is 0 Å². The van der Waals surface area contributed by atoms with Crippen LogP contribution in [-0.4, -0.2) is 0 Å². The van der Waals surface area contributed by atoms with Crippen LogP contribution in [0.25, 0.3) is 22.4 Å². The van der Waals surface area contributed by atoms with E-state index in [1.165, 1.54) is 33.0 Å². The van der Waals surface area contributed by atoms with E-state index in [9.17, 15) is 0 Å². The third-order valence-corrected chi connectivity index (χ3v) is 3.90. The second-order valence-corrected chi connectivity index (χ2v) is 5.07. The molecule has 0 nitrogen and oxygen atoms in total. The van der Waals surface area contributed by atoms with Crippen molar-refractivity contribution >= 4 is 22.4 Å². The molecule has 0 amide bonds. The zero-order chi connectivity index (χ0) is 12.7. The average Bonchev–Trinajstić information content (AvgIpc) is 2.90. The normalized spacial score (nSPS) is 13.4. The summed E-state index contributed by atoms with van der Waals surface area (Å²) in [5.74, 6) is 0. The monoisotopic (exact) mass is 242 g/mol. The predicted octanol–water partition coefficient (Wildman–Crippen LogP) is 4.94. The van der Waals surface area contributed by atoms with Gasteiger partial charge in [-0.3, -0.25) is 0 Å². The van der Waals surface area contributed by atoms with Gasteiger partial charge in [-0.05, 0) is 39.5 Å². The van der Waals surface area contributed by atoms with Crippen molar-refractivity contribution in [2.24, 2.45) is 0 Å². The maximum atomic E-state index is 2.33. The van der Waals surface area contributed by atoms with E-state index in [4.69, 9.17) is 0 Å². The van der Waals surface area contributed by atoms with Crippen LogP contribution < -0.4 is 0 Å². The third-order valence-electron chi connectivity index (χ3n) is 3.90. The van der Waals surface area contributed by atoms with Gasteiger partial charge in [-0.2, -0.15) is 0 Å². The second kappa shape index (κ2) is 4.10. The van der Waals surface area contributed by atoms with E-state index in [0.717, 1.165) is 6.42 Å². The molecule has 4 rings (SSSR count). The first kappa shape index (κ1) is 10.6. The van der Waals surface area contributed by atoms with E-state index in [0.29, 0.717) is 0 Å². The van der Waals surface area contributed by atoms with Gasteiger partial charge in [0.15, 0.2) is 0 Å². The number of allylic oxidation sites excluding steroid dienone is 1. The molecule has 0 radical (unpaired) electrons. The Morgan fingerprint density at radius 1 is 0.684 bits per heavy atom. The molecule has 0 heteroatoms. The molecule has 1 aliphatic rings. The van der Waals surface area contributed by atoms with E-state index in [1.807, 2.05) is 0 Å². The highest BCUT2D eigenvalue weighted by molar-refractivity contribution is 6.00. The molecule has 0 unspecified atom stereocenters. The fourth-order valence-electron chi connectivity index (χ4n) is 2.96. The minimum atomic E-state index is 1.05. The molecule has 0 spiro atoms. The molecule has 0 N–H and O–H groups in total. The topological polar surface area (TPSA) is 0 Å². The quantitative estimate of drug-likeness (QED) is 0.567. The Bertz CT molecular complexity index is 789. The number of fused-ring (bicyclic) bond motifs is 2. The van der Waals surface area contributed by atoms with E-state index in [2.05, 4.69) is 72.8 Å². The smallest absolute Gasteiger partial charge is 0.00135 e. The summed E-state index contributed by atoms with van der Waals surface area (Å²) in [7, 11) is 0. The molecule has 0 saturated heterocycles. The maximum absolute atomic E-state index is 2.33. The van der Waals surface area contributed by atoms with Crippen LogP contribution in [0.4, 0.5) is 0 Å². The Labute approximate surface area is 113 Å². The summed E-state index contributed by atoms with van der Waals surface area (Å²) in [6.07, 6.45) is 3.38. The highest BCUT2D eigenvalue weighted by Gasteiger charge is 2.14. The molecule has 90 valence electrons. The summed E-state index contributed by atoms with van der Waals surface area (Å²) in [6.45, 7) is 0. The minimum Gasteiger partial charge on any atom is -0.0619 e. The number of benzene rings is 3. The predicted molar refractivity (Wildman–Crippen MR) is 82.0 cm³/mol. The Morgan fingerprint density at radius 3 is 2.42 bits per heavy atom. The molecule has 0 bridgehead atoms. The highest BCUT2D eigenvalue weighted by Crippen LogP contribution is 2.34. The SMILES string of the molecule is C1=C(c2cccc3ccccc23)Cc2ccccc21. The van der Waals surface area contributed by atoms with Crippen LogP contribution in [0.15, 0.2) is 66.7 Å². The molecule has 0 atom stereocenters. The van der Waals surface area contributed by atoms with Gasteiger partial charge in [0, 0.05) is 0 Å². The summed E-state index contributed by atoms with van der Waals surface area (Å²) in [4.78, 5) is 0. The summed E-state index contributed by atoms with van der Waals surface area (Å²) in [5.41, 5.74) is 5.60. The Balaban J connectivity index is 1.90. The molecular weight excluding hydrogens is 228 g/mol. The van der Waals surface area contributed by atoms with Crippen molar-refractivity contribution in [3.05, 3.63) is 83.4 Å². The van der Waals surface area contributed by atoms with E-state index in [1.54, 1.807) is 0 Å². The van der Waals surface area contributed by atoms with Crippen LogP contribution in [0.2, 0.25) is 0 Å². The van der Waals surface area contributed by atoms with Gasteiger partial charge in [-0.1, -0.05) is 72.8 Å². The number of rotatable bonds is 1. The Morgan fingerprint density at radius 2 is 1.47 bits per heavy atom. The zero-order valence-electron chi connectivity index (χ0n) is 10.6. The lowest BCUT2D eigenvalue weighted by atomic mass is 9.97. The summed E-state index contributed by atoms with van der Waals surface area (Å²) in [6, 6.07) is 23.9. The van der Waals surface area contributed by atoms with Gasteiger partial charge in [0.1, 0.15) is 0 Å². The third kappa shape index (κ3) is 1.68. The number of hydrogen-bond donors (Lipinski definition) is 0. The van der Waals surface area contributed by atoms with Crippen LogP contribution >= 0.6 is 0 Å². The summed E-state index contributed by atoms with van der Waals surface area (Å²) < 4.78 is 0. The van der Waals surface area contributed by atoms with Gasteiger partial charge in [-0.25, -0.2) is 0 Å². The fraction of sp³-hybridized carbons (Fsp3) is 0.0526. The fourth-order valence-corrected chi connectivity index (χ4v) is 2.96.